The molecular formula is C19H26N2O6S. The third-order valence-corrected chi connectivity index (χ3v) is 4.28. The number of benzene rings is 2. The lowest BCUT2D eigenvalue weighted by atomic mass is 10.1. The Morgan fingerprint density at radius 3 is 2.25 bits per heavy atom. The first-order valence-corrected chi connectivity index (χ1v) is 10.1. The Morgan fingerprint density at radius 1 is 1.14 bits per heavy atom. The maximum atomic E-state index is 11.1. The molecule has 28 heavy (non-hydrogen) atoms. The van der Waals surface area contributed by atoms with Crippen molar-refractivity contribution in [2.75, 3.05) is 13.2 Å². The Morgan fingerprint density at radius 2 is 1.75 bits per heavy atom. The summed E-state index contributed by atoms with van der Waals surface area (Å²) in [6.45, 7) is 4.35. The van der Waals surface area contributed by atoms with Crippen LogP contribution in [0.5, 0.6) is 17.2 Å². The van der Waals surface area contributed by atoms with Gasteiger partial charge in [-0.25, -0.2) is 13.6 Å². The monoisotopic (exact) mass is 410 g/mol. The highest BCUT2D eigenvalue weighted by molar-refractivity contribution is 7.89. The number of rotatable bonds is 8. The summed E-state index contributed by atoms with van der Waals surface area (Å²) < 4.78 is 32.6. The van der Waals surface area contributed by atoms with Crippen LogP contribution in [-0.4, -0.2) is 39.1 Å². The van der Waals surface area contributed by atoms with E-state index in [0.29, 0.717) is 30.8 Å². The number of carbonyl (C=O) groups excluding carboxylic acids is 1. The van der Waals surface area contributed by atoms with Crippen LogP contribution in [0.2, 0.25) is 0 Å². The molecule has 0 bridgehead atoms. The van der Waals surface area contributed by atoms with Gasteiger partial charge in [-0.1, -0.05) is 18.2 Å². The molecule has 0 fully saturated rings. The van der Waals surface area contributed by atoms with E-state index in [1.165, 1.54) is 12.1 Å². The van der Waals surface area contributed by atoms with Crippen LogP contribution in [0, 0.1) is 0 Å². The molecule has 0 aliphatic carbocycles. The third kappa shape index (κ3) is 7.95. The number of phenolic OH excluding ortho intramolecular Hbond substituents is 1. The fraction of sp³-hybridized carbons (Fsp3) is 0.316. The molecule has 0 saturated carbocycles. The van der Waals surface area contributed by atoms with E-state index in [2.05, 4.69) is 0 Å². The van der Waals surface area contributed by atoms with Crippen molar-refractivity contribution < 1.29 is 27.8 Å². The fourth-order valence-corrected chi connectivity index (χ4v) is 2.93. The van der Waals surface area contributed by atoms with Crippen molar-refractivity contribution in [1.29, 1.82) is 0 Å². The maximum Gasteiger partial charge on any atom is 0.241 e. The predicted octanol–water partition coefficient (Wildman–Crippen LogP) is 1.59. The van der Waals surface area contributed by atoms with Gasteiger partial charge in [0.25, 0.3) is 0 Å². The van der Waals surface area contributed by atoms with Gasteiger partial charge in [-0.15, -0.1) is 0 Å². The van der Waals surface area contributed by atoms with Crippen LogP contribution in [0.4, 0.5) is 0 Å². The van der Waals surface area contributed by atoms with E-state index in [9.17, 15) is 18.3 Å². The molecule has 0 amide bonds. The molecule has 0 unspecified atom stereocenters. The van der Waals surface area contributed by atoms with Crippen LogP contribution in [0.25, 0.3) is 0 Å². The molecule has 0 heterocycles. The van der Waals surface area contributed by atoms with Crippen LogP contribution in [-0.2, 0) is 21.2 Å². The third-order valence-electron chi connectivity index (χ3n) is 3.34. The molecular weight excluding hydrogens is 384 g/mol. The zero-order valence-corrected chi connectivity index (χ0v) is 16.7. The van der Waals surface area contributed by atoms with Crippen LogP contribution in [0.1, 0.15) is 19.4 Å². The SMILES string of the molecule is CCOc1ccccc1OCC=O.C[C@H](N)Cc1ccc(O)c(S(N)(=O)=O)c1. The molecule has 0 radical (unpaired) electrons. The highest BCUT2D eigenvalue weighted by Gasteiger charge is 2.14. The molecule has 8 nitrogen and oxygen atoms in total. The second-order valence-corrected chi connectivity index (χ2v) is 7.42. The summed E-state index contributed by atoms with van der Waals surface area (Å²) in [6.07, 6.45) is 1.24. The van der Waals surface area contributed by atoms with Gasteiger partial charge in [-0.3, -0.25) is 4.79 Å². The van der Waals surface area contributed by atoms with Crippen LogP contribution >= 0.6 is 0 Å². The van der Waals surface area contributed by atoms with E-state index in [-0.39, 0.29) is 23.3 Å². The molecule has 9 heteroatoms. The minimum atomic E-state index is -3.88. The molecule has 0 aliphatic heterocycles. The number of hydrogen-bond acceptors (Lipinski definition) is 7. The minimum absolute atomic E-state index is 0.0596. The average molecular weight is 410 g/mol. The number of para-hydroxylation sites is 2. The molecule has 5 N–H and O–H groups in total. The molecule has 1 atom stereocenters. The Hall–Kier alpha value is -2.62. The van der Waals surface area contributed by atoms with E-state index >= 15 is 0 Å². The summed E-state index contributed by atoms with van der Waals surface area (Å²) in [5.74, 6) is 0.939. The largest absolute Gasteiger partial charge is 0.507 e. The van der Waals surface area contributed by atoms with Gasteiger partial charge in [0.05, 0.1) is 6.61 Å². The van der Waals surface area contributed by atoms with Crippen molar-refractivity contribution in [2.24, 2.45) is 10.9 Å². The number of hydrogen-bond donors (Lipinski definition) is 3. The maximum absolute atomic E-state index is 11.1. The van der Waals surface area contributed by atoms with Crippen molar-refractivity contribution in [1.82, 2.24) is 0 Å². The van der Waals surface area contributed by atoms with E-state index < -0.39 is 10.0 Å². The molecule has 2 rings (SSSR count). The average Bonchev–Trinajstić information content (AvgIpc) is 2.62. The summed E-state index contributed by atoms with van der Waals surface area (Å²) in [4.78, 5) is 9.82. The first-order chi connectivity index (χ1) is 13.2. The summed E-state index contributed by atoms with van der Waals surface area (Å²) in [5.41, 5.74) is 6.31. The standard InChI is InChI=1S/C10H12O3.C9H14N2O3S/c1-2-12-9-5-3-4-6-10(9)13-8-7-11;1-6(10)4-7-2-3-8(12)9(5-7)15(11,13)14/h3-7H,2,8H2,1H3;2-3,5-6,12H,4,10H2,1H3,(H2,11,13,14)/t;6-/m.0/s1. The Balaban J connectivity index is 0.000000283. The Kier molecular flexibility index (Phi) is 9.43. The minimum Gasteiger partial charge on any atom is -0.507 e. The lowest BCUT2D eigenvalue weighted by molar-refractivity contribution is -0.109. The second kappa shape index (κ2) is 11.3. The zero-order valence-electron chi connectivity index (χ0n) is 15.9. The summed E-state index contributed by atoms with van der Waals surface area (Å²) in [5, 5.41) is 14.3. The van der Waals surface area contributed by atoms with Gasteiger partial charge >= 0.3 is 0 Å². The lowest BCUT2D eigenvalue weighted by Gasteiger charge is -2.08. The van der Waals surface area contributed by atoms with Crippen molar-refractivity contribution in [3.05, 3.63) is 48.0 Å². The zero-order chi connectivity index (χ0) is 21.2. The molecule has 2 aromatic carbocycles. The van der Waals surface area contributed by atoms with E-state index in [4.69, 9.17) is 20.3 Å². The smallest absolute Gasteiger partial charge is 0.241 e. The van der Waals surface area contributed by atoms with Crippen LogP contribution < -0.4 is 20.3 Å². The molecule has 0 aliphatic rings. The number of sulfonamides is 1. The van der Waals surface area contributed by atoms with Crippen molar-refractivity contribution in [2.45, 2.75) is 31.2 Å². The van der Waals surface area contributed by atoms with Crippen LogP contribution in [0.3, 0.4) is 0 Å². The first-order valence-electron chi connectivity index (χ1n) is 8.57. The van der Waals surface area contributed by atoms with Gasteiger partial charge in [-0.2, -0.15) is 0 Å². The first kappa shape index (κ1) is 23.4. The predicted molar refractivity (Wildman–Crippen MR) is 106 cm³/mol. The van der Waals surface area contributed by atoms with E-state index in [1.807, 2.05) is 32.0 Å². The summed E-state index contributed by atoms with van der Waals surface area (Å²) >= 11 is 0. The number of nitrogens with two attached hydrogens (primary N) is 2. The van der Waals surface area contributed by atoms with Gasteiger partial charge < -0.3 is 20.3 Å². The lowest BCUT2D eigenvalue weighted by Crippen LogP contribution is -2.18. The molecule has 0 saturated heterocycles. The normalized spacial score (nSPS) is 11.7. The Bertz CT molecular complexity index is 868. The number of aldehydes is 1. The van der Waals surface area contributed by atoms with Crippen molar-refractivity contribution >= 4 is 16.3 Å². The van der Waals surface area contributed by atoms with E-state index in [1.54, 1.807) is 12.1 Å². The van der Waals surface area contributed by atoms with E-state index in [0.717, 1.165) is 5.56 Å². The molecule has 0 aromatic heterocycles. The quantitative estimate of drug-likeness (QED) is 0.561. The fourth-order valence-electron chi connectivity index (χ4n) is 2.25. The topological polar surface area (TPSA) is 142 Å². The molecule has 0 spiro atoms. The van der Waals surface area contributed by atoms with Gasteiger partial charge in [0, 0.05) is 6.04 Å². The van der Waals surface area contributed by atoms with Gasteiger partial charge in [-0.05, 0) is 50.1 Å². The molecule has 154 valence electrons. The van der Waals surface area contributed by atoms with Crippen molar-refractivity contribution in [3.8, 4) is 17.2 Å². The molecule has 2 aromatic rings. The number of ether oxygens (including phenoxy) is 2. The highest BCUT2D eigenvalue weighted by Crippen LogP contribution is 2.26. The Labute approximate surface area is 165 Å². The second-order valence-electron chi connectivity index (χ2n) is 5.89. The summed E-state index contributed by atoms with van der Waals surface area (Å²) in [7, 11) is -3.88. The number of aromatic hydroxyl groups is 1. The summed E-state index contributed by atoms with van der Waals surface area (Å²) in [6, 6.07) is 11.5. The number of primary sulfonamides is 1. The van der Waals surface area contributed by atoms with Crippen LogP contribution in [0.15, 0.2) is 47.4 Å². The van der Waals surface area contributed by atoms with Crippen molar-refractivity contribution in [3.63, 3.8) is 0 Å². The number of carbonyl (C=O) groups is 1. The van der Waals surface area contributed by atoms with Gasteiger partial charge in [0.1, 0.15) is 17.3 Å². The highest BCUT2D eigenvalue weighted by atomic mass is 32.2. The van der Waals surface area contributed by atoms with Gasteiger partial charge in [0.2, 0.25) is 10.0 Å². The van der Waals surface area contributed by atoms with Gasteiger partial charge in [0.15, 0.2) is 17.8 Å². The number of phenols is 1.